The van der Waals surface area contributed by atoms with Crippen LogP contribution in [0.25, 0.3) is 22.4 Å². The quantitative estimate of drug-likeness (QED) is 0.635. The maximum atomic E-state index is 6.06. The molecule has 0 bridgehead atoms. The maximum absolute atomic E-state index is 6.06. The number of halogens is 2. The molecule has 6 heteroatoms. The number of benzene rings is 1. The van der Waals surface area contributed by atoms with E-state index in [1.165, 1.54) is 0 Å². The number of fused-ring (bicyclic) bond motifs is 1. The maximum Gasteiger partial charge on any atom is 0.161 e. The van der Waals surface area contributed by atoms with Crippen LogP contribution in [0.1, 0.15) is 5.69 Å². The summed E-state index contributed by atoms with van der Waals surface area (Å²) in [5, 5.41) is 0.404. The molecule has 0 aliphatic rings. The number of rotatable bonds is 1. The highest BCUT2D eigenvalue weighted by atomic mass is 79.9. The van der Waals surface area contributed by atoms with E-state index in [0.717, 1.165) is 26.8 Å². The number of hydrogen-bond acceptors (Lipinski definition) is 4. The first-order valence-electron chi connectivity index (χ1n) is 5.56. The van der Waals surface area contributed by atoms with E-state index >= 15 is 0 Å². The molecule has 94 valence electrons. The molecule has 0 amide bonds. The molecule has 0 saturated heterocycles. The lowest BCUT2D eigenvalue weighted by molar-refractivity contribution is 1.09. The molecule has 0 spiro atoms. The van der Waals surface area contributed by atoms with Gasteiger partial charge in [0.15, 0.2) is 5.82 Å². The molecule has 1 aromatic carbocycles. The van der Waals surface area contributed by atoms with Crippen molar-refractivity contribution in [3.63, 3.8) is 0 Å². The van der Waals surface area contributed by atoms with E-state index in [4.69, 9.17) is 11.6 Å². The molecule has 0 saturated carbocycles. The van der Waals surface area contributed by atoms with Gasteiger partial charge in [-0.15, -0.1) is 0 Å². The van der Waals surface area contributed by atoms with Gasteiger partial charge in [0, 0.05) is 18.0 Å². The highest BCUT2D eigenvalue weighted by Gasteiger charge is 2.10. The third kappa shape index (κ3) is 2.31. The van der Waals surface area contributed by atoms with Gasteiger partial charge < -0.3 is 0 Å². The molecule has 0 atom stereocenters. The average Bonchev–Trinajstić information content (AvgIpc) is 2.43. The minimum absolute atomic E-state index is 0.404. The Morgan fingerprint density at radius 1 is 1.05 bits per heavy atom. The van der Waals surface area contributed by atoms with E-state index in [9.17, 15) is 0 Å². The van der Waals surface area contributed by atoms with Gasteiger partial charge in [0.05, 0.1) is 21.2 Å². The lowest BCUT2D eigenvalue weighted by atomic mass is 10.2. The summed E-state index contributed by atoms with van der Waals surface area (Å²) in [6.45, 7) is 1.88. The Bertz CT molecular complexity index is 752. The zero-order valence-electron chi connectivity index (χ0n) is 9.93. The van der Waals surface area contributed by atoms with Crippen LogP contribution < -0.4 is 0 Å². The predicted molar refractivity (Wildman–Crippen MR) is 78.0 cm³/mol. The summed E-state index contributed by atoms with van der Waals surface area (Å²) in [6, 6.07) is 5.71. The van der Waals surface area contributed by atoms with Crippen LogP contribution in [0.4, 0.5) is 0 Å². The van der Waals surface area contributed by atoms with Crippen LogP contribution in [0, 0.1) is 6.92 Å². The third-order valence-electron chi connectivity index (χ3n) is 2.70. The highest BCUT2D eigenvalue weighted by molar-refractivity contribution is 9.10. The van der Waals surface area contributed by atoms with E-state index in [0.29, 0.717) is 11.0 Å². The van der Waals surface area contributed by atoms with Crippen LogP contribution in [0.15, 0.2) is 35.1 Å². The zero-order valence-corrected chi connectivity index (χ0v) is 12.3. The topological polar surface area (TPSA) is 51.6 Å². The first-order chi connectivity index (χ1) is 9.15. The van der Waals surface area contributed by atoms with Crippen LogP contribution >= 0.6 is 27.5 Å². The summed E-state index contributed by atoms with van der Waals surface area (Å²) in [5.74, 6) is 0.582. The van der Waals surface area contributed by atoms with Crippen molar-refractivity contribution in [2.24, 2.45) is 0 Å². The zero-order chi connectivity index (χ0) is 13.4. The van der Waals surface area contributed by atoms with Gasteiger partial charge in [-0.05, 0) is 41.1 Å². The summed E-state index contributed by atoms with van der Waals surface area (Å²) >= 11 is 9.41. The van der Waals surface area contributed by atoms with E-state index in [-0.39, 0.29) is 0 Å². The summed E-state index contributed by atoms with van der Waals surface area (Å²) in [7, 11) is 0. The molecule has 19 heavy (non-hydrogen) atoms. The molecule has 3 aromatic rings. The number of aryl methyl sites for hydroxylation is 1. The van der Waals surface area contributed by atoms with Crippen molar-refractivity contribution in [2.45, 2.75) is 6.92 Å². The lowest BCUT2D eigenvalue weighted by Gasteiger charge is -2.05. The molecule has 0 N–H and O–H groups in total. The average molecular weight is 336 g/mol. The van der Waals surface area contributed by atoms with Gasteiger partial charge >= 0.3 is 0 Å². The SMILES string of the molecule is Cc1nc(-c2ccc3nccnc3c2)nc(Cl)c1Br. The fraction of sp³-hybridized carbons (Fsp3) is 0.0769. The van der Waals surface area contributed by atoms with Crippen molar-refractivity contribution in [3.05, 3.63) is 45.9 Å². The summed E-state index contributed by atoms with van der Waals surface area (Å²) in [6.07, 6.45) is 3.33. The van der Waals surface area contributed by atoms with Crippen molar-refractivity contribution in [3.8, 4) is 11.4 Å². The monoisotopic (exact) mass is 334 g/mol. The largest absolute Gasteiger partial charge is 0.253 e. The van der Waals surface area contributed by atoms with Crippen LogP contribution in [0.3, 0.4) is 0 Å². The predicted octanol–water partition coefficient (Wildman–Crippen LogP) is 3.81. The second-order valence-corrected chi connectivity index (χ2v) is 5.15. The molecule has 4 nitrogen and oxygen atoms in total. The van der Waals surface area contributed by atoms with Crippen molar-refractivity contribution in [1.82, 2.24) is 19.9 Å². The number of aromatic nitrogens is 4. The molecule has 0 aliphatic heterocycles. The first kappa shape index (κ1) is 12.4. The fourth-order valence-electron chi connectivity index (χ4n) is 1.76. The van der Waals surface area contributed by atoms with Gasteiger partial charge in [-0.3, -0.25) is 9.97 Å². The summed E-state index contributed by atoms with van der Waals surface area (Å²) < 4.78 is 0.721. The van der Waals surface area contributed by atoms with Gasteiger partial charge in [-0.2, -0.15) is 0 Å². The number of nitrogens with zero attached hydrogens (tertiary/aromatic N) is 4. The standard InChI is InChI=1S/C13H8BrClN4/c1-7-11(14)12(15)19-13(18-7)8-2-3-9-10(6-8)17-5-4-16-9/h2-6H,1H3. The van der Waals surface area contributed by atoms with Gasteiger partial charge in [0.2, 0.25) is 0 Å². The molecule has 0 fully saturated rings. The lowest BCUT2D eigenvalue weighted by Crippen LogP contribution is -1.95. The van der Waals surface area contributed by atoms with E-state index in [1.807, 2.05) is 25.1 Å². The van der Waals surface area contributed by atoms with Crippen molar-refractivity contribution >= 4 is 38.6 Å². The minimum Gasteiger partial charge on any atom is -0.253 e. The second kappa shape index (κ2) is 4.83. The highest BCUT2D eigenvalue weighted by Crippen LogP contribution is 2.27. The Morgan fingerprint density at radius 2 is 1.79 bits per heavy atom. The Balaban J connectivity index is 2.19. The Morgan fingerprint density at radius 3 is 2.53 bits per heavy atom. The van der Waals surface area contributed by atoms with E-state index < -0.39 is 0 Å². The molecular formula is C13H8BrClN4. The summed E-state index contributed by atoms with van der Waals surface area (Å²) in [4.78, 5) is 17.2. The van der Waals surface area contributed by atoms with Gasteiger partial charge in [0.1, 0.15) is 5.15 Å². The molecule has 2 aromatic heterocycles. The smallest absolute Gasteiger partial charge is 0.161 e. The van der Waals surface area contributed by atoms with Crippen LogP contribution in [-0.4, -0.2) is 19.9 Å². The molecule has 0 aliphatic carbocycles. The first-order valence-corrected chi connectivity index (χ1v) is 6.73. The Kier molecular flexibility index (Phi) is 3.16. The van der Waals surface area contributed by atoms with E-state index in [2.05, 4.69) is 35.9 Å². The van der Waals surface area contributed by atoms with Crippen molar-refractivity contribution in [2.75, 3.05) is 0 Å². The number of hydrogen-bond donors (Lipinski definition) is 0. The van der Waals surface area contributed by atoms with Gasteiger partial charge in [-0.25, -0.2) is 9.97 Å². The summed E-state index contributed by atoms with van der Waals surface area (Å²) in [5.41, 5.74) is 3.31. The normalized spacial score (nSPS) is 10.9. The third-order valence-corrected chi connectivity index (χ3v) is 4.16. The minimum atomic E-state index is 0.404. The molecular weight excluding hydrogens is 328 g/mol. The Hall–Kier alpha value is -1.59. The van der Waals surface area contributed by atoms with E-state index in [1.54, 1.807) is 12.4 Å². The molecule has 3 rings (SSSR count). The van der Waals surface area contributed by atoms with Crippen molar-refractivity contribution < 1.29 is 0 Å². The van der Waals surface area contributed by atoms with Gasteiger partial charge in [0.25, 0.3) is 0 Å². The van der Waals surface area contributed by atoms with Crippen LogP contribution in [0.2, 0.25) is 5.15 Å². The fourth-order valence-corrected chi connectivity index (χ4v) is 2.15. The second-order valence-electron chi connectivity index (χ2n) is 4.00. The Labute approximate surface area is 123 Å². The molecule has 0 unspecified atom stereocenters. The van der Waals surface area contributed by atoms with Crippen LogP contribution in [-0.2, 0) is 0 Å². The molecule has 0 radical (unpaired) electrons. The van der Waals surface area contributed by atoms with Crippen LogP contribution in [0.5, 0.6) is 0 Å². The van der Waals surface area contributed by atoms with Gasteiger partial charge in [-0.1, -0.05) is 11.6 Å². The van der Waals surface area contributed by atoms with Crippen molar-refractivity contribution in [1.29, 1.82) is 0 Å². The molecule has 2 heterocycles.